The molecule has 3 nitrogen and oxygen atoms in total. The number of hydrogen-bond donors (Lipinski definition) is 1. The Morgan fingerprint density at radius 1 is 1.46 bits per heavy atom. The van der Waals surface area contributed by atoms with Gasteiger partial charge in [0.15, 0.2) is 0 Å². The third-order valence-corrected chi connectivity index (χ3v) is 2.57. The third kappa shape index (κ3) is 3.63. The molecule has 1 aliphatic carbocycles. The second-order valence-corrected chi connectivity index (χ2v) is 3.70. The average Bonchev–Trinajstić information content (AvgIpc) is 2.02. The van der Waals surface area contributed by atoms with Gasteiger partial charge in [0, 0.05) is 26.3 Å². The zero-order chi connectivity index (χ0) is 9.68. The van der Waals surface area contributed by atoms with Crippen molar-refractivity contribution < 1.29 is 9.47 Å². The molecule has 0 heterocycles. The lowest BCUT2D eigenvalue weighted by Gasteiger charge is -2.35. The number of ether oxygens (including phenoxy) is 2. The second-order valence-electron chi connectivity index (χ2n) is 3.70. The molecule has 0 aromatic carbocycles. The molecule has 0 amide bonds. The van der Waals surface area contributed by atoms with Crippen molar-refractivity contribution in [1.82, 2.24) is 5.32 Å². The maximum absolute atomic E-state index is 5.42. The first kappa shape index (κ1) is 11.0. The molecule has 0 aromatic rings. The van der Waals surface area contributed by atoms with Gasteiger partial charge in [-0.2, -0.15) is 0 Å². The van der Waals surface area contributed by atoms with Gasteiger partial charge in [0.25, 0.3) is 0 Å². The largest absolute Gasteiger partial charge is 0.381 e. The van der Waals surface area contributed by atoms with Gasteiger partial charge in [0.05, 0.1) is 12.2 Å². The molecule has 1 fully saturated rings. The molecule has 78 valence electrons. The van der Waals surface area contributed by atoms with Crippen LogP contribution in [-0.2, 0) is 9.47 Å². The number of rotatable bonds is 6. The summed E-state index contributed by atoms with van der Waals surface area (Å²) in [4.78, 5) is 0. The van der Waals surface area contributed by atoms with E-state index in [1.165, 1.54) is 0 Å². The van der Waals surface area contributed by atoms with E-state index in [-0.39, 0.29) is 0 Å². The average molecular weight is 187 g/mol. The molecule has 1 saturated carbocycles. The van der Waals surface area contributed by atoms with Crippen LogP contribution in [0, 0.1) is 0 Å². The Hall–Kier alpha value is -0.120. The Bertz CT molecular complexity index is 135. The normalized spacial score (nSPS) is 29.8. The van der Waals surface area contributed by atoms with Crippen LogP contribution in [0.25, 0.3) is 0 Å². The molecule has 0 saturated heterocycles. The summed E-state index contributed by atoms with van der Waals surface area (Å²) in [6.45, 7) is 5.88. The molecule has 0 bridgehead atoms. The lowest BCUT2D eigenvalue weighted by Crippen LogP contribution is -2.47. The van der Waals surface area contributed by atoms with Gasteiger partial charge in [-0.05, 0) is 26.7 Å². The van der Waals surface area contributed by atoms with Gasteiger partial charge >= 0.3 is 0 Å². The minimum Gasteiger partial charge on any atom is -0.381 e. The van der Waals surface area contributed by atoms with Crippen molar-refractivity contribution in [3.63, 3.8) is 0 Å². The van der Waals surface area contributed by atoms with Gasteiger partial charge in [-0.25, -0.2) is 0 Å². The molecule has 1 rings (SSSR count). The second kappa shape index (κ2) is 5.58. The first-order valence-electron chi connectivity index (χ1n) is 5.14. The van der Waals surface area contributed by atoms with Crippen LogP contribution in [0.1, 0.15) is 26.7 Å². The van der Waals surface area contributed by atoms with Crippen LogP contribution in [-0.4, -0.2) is 38.5 Å². The lowest BCUT2D eigenvalue weighted by atomic mass is 9.89. The number of nitrogens with one attached hydrogen (secondary N) is 1. The molecular formula is C10H21NO2. The molecule has 0 aromatic heterocycles. The van der Waals surface area contributed by atoms with E-state index in [0.717, 1.165) is 26.0 Å². The number of hydrogen-bond acceptors (Lipinski definition) is 3. The van der Waals surface area contributed by atoms with Crippen LogP contribution in [0.4, 0.5) is 0 Å². The van der Waals surface area contributed by atoms with Crippen molar-refractivity contribution >= 4 is 0 Å². The summed E-state index contributed by atoms with van der Waals surface area (Å²) in [6.07, 6.45) is 3.11. The fourth-order valence-corrected chi connectivity index (χ4v) is 1.60. The van der Waals surface area contributed by atoms with E-state index in [4.69, 9.17) is 9.47 Å². The van der Waals surface area contributed by atoms with E-state index in [1.54, 1.807) is 7.11 Å². The van der Waals surface area contributed by atoms with Crippen molar-refractivity contribution in [2.75, 3.05) is 20.3 Å². The fourth-order valence-electron chi connectivity index (χ4n) is 1.60. The monoisotopic (exact) mass is 187 g/mol. The topological polar surface area (TPSA) is 30.5 Å². The van der Waals surface area contributed by atoms with Crippen molar-refractivity contribution in [2.24, 2.45) is 0 Å². The predicted molar refractivity (Wildman–Crippen MR) is 52.9 cm³/mol. The fraction of sp³-hybridized carbons (Fsp3) is 1.00. The Balaban J connectivity index is 1.95. The van der Waals surface area contributed by atoms with E-state index >= 15 is 0 Å². The first-order valence-corrected chi connectivity index (χ1v) is 5.14. The van der Waals surface area contributed by atoms with Crippen LogP contribution in [0.3, 0.4) is 0 Å². The highest BCUT2D eigenvalue weighted by Crippen LogP contribution is 2.22. The Morgan fingerprint density at radius 3 is 2.69 bits per heavy atom. The van der Waals surface area contributed by atoms with Gasteiger partial charge < -0.3 is 14.8 Å². The van der Waals surface area contributed by atoms with Crippen LogP contribution >= 0.6 is 0 Å². The van der Waals surface area contributed by atoms with E-state index in [1.807, 2.05) is 6.92 Å². The summed E-state index contributed by atoms with van der Waals surface area (Å²) in [5, 5.41) is 3.46. The van der Waals surface area contributed by atoms with Gasteiger partial charge in [-0.15, -0.1) is 0 Å². The molecule has 1 N–H and O–H groups in total. The Morgan fingerprint density at radius 2 is 2.15 bits per heavy atom. The maximum Gasteiger partial charge on any atom is 0.0671 e. The molecule has 0 radical (unpaired) electrons. The summed E-state index contributed by atoms with van der Waals surface area (Å²) in [6, 6.07) is 0.646. The van der Waals surface area contributed by atoms with Gasteiger partial charge in [0.1, 0.15) is 0 Å². The van der Waals surface area contributed by atoms with Crippen molar-refractivity contribution in [2.45, 2.75) is 44.9 Å². The highest BCUT2D eigenvalue weighted by molar-refractivity contribution is 4.85. The summed E-state index contributed by atoms with van der Waals surface area (Å²) in [5.74, 6) is 0. The molecule has 13 heavy (non-hydrogen) atoms. The zero-order valence-electron chi connectivity index (χ0n) is 8.88. The molecular weight excluding hydrogens is 166 g/mol. The Labute approximate surface area is 80.8 Å². The lowest BCUT2D eigenvalue weighted by molar-refractivity contribution is 0.00964. The maximum atomic E-state index is 5.42. The van der Waals surface area contributed by atoms with E-state index < -0.39 is 0 Å². The van der Waals surface area contributed by atoms with Gasteiger partial charge in [0.2, 0.25) is 0 Å². The van der Waals surface area contributed by atoms with Crippen molar-refractivity contribution in [3.8, 4) is 0 Å². The van der Waals surface area contributed by atoms with E-state index in [2.05, 4.69) is 12.2 Å². The zero-order valence-corrected chi connectivity index (χ0v) is 8.88. The van der Waals surface area contributed by atoms with Gasteiger partial charge in [-0.1, -0.05) is 0 Å². The smallest absolute Gasteiger partial charge is 0.0671 e. The standard InChI is InChI=1S/C10H21NO2/c1-4-13-8(2)7-11-9-5-10(6-9)12-3/h8-11H,4-7H2,1-3H3. The Kier molecular flexibility index (Phi) is 4.70. The van der Waals surface area contributed by atoms with Crippen molar-refractivity contribution in [1.29, 1.82) is 0 Å². The highest BCUT2D eigenvalue weighted by atomic mass is 16.5. The quantitative estimate of drug-likeness (QED) is 0.677. The minimum absolute atomic E-state index is 0.326. The van der Waals surface area contributed by atoms with Crippen LogP contribution < -0.4 is 5.32 Å². The summed E-state index contributed by atoms with van der Waals surface area (Å²) in [5.41, 5.74) is 0. The van der Waals surface area contributed by atoms with Gasteiger partial charge in [-0.3, -0.25) is 0 Å². The summed E-state index contributed by atoms with van der Waals surface area (Å²) < 4.78 is 10.6. The molecule has 3 heteroatoms. The molecule has 0 aliphatic heterocycles. The van der Waals surface area contributed by atoms with Crippen molar-refractivity contribution in [3.05, 3.63) is 0 Å². The molecule has 1 unspecified atom stereocenters. The number of methoxy groups -OCH3 is 1. The van der Waals surface area contributed by atoms with Crippen LogP contribution in [0.15, 0.2) is 0 Å². The third-order valence-electron chi connectivity index (χ3n) is 2.57. The molecule has 0 spiro atoms. The highest BCUT2D eigenvalue weighted by Gasteiger charge is 2.28. The predicted octanol–water partition coefficient (Wildman–Crippen LogP) is 1.18. The SMILES string of the molecule is CCOC(C)CNC1CC(OC)C1. The summed E-state index contributed by atoms with van der Waals surface area (Å²) in [7, 11) is 1.78. The van der Waals surface area contributed by atoms with E-state index in [9.17, 15) is 0 Å². The first-order chi connectivity index (χ1) is 6.26. The summed E-state index contributed by atoms with van der Waals surface area (Å²) >= 11 is 0. The van der Waals surface area contributed by atoms with Crippen LogP contribution in [0.2, 0.25) is 0 Å². The van der Waals surface area contributed by atoms with E-state index in [0.29, 0.717) is 18.2 Å². The molecule has 1 aliphatic rings. The molecule has 1 atom stereocenters. The minimum atomic E-state index is 0.326. The van der Waals surface area contributed by atoms with Crippen LogP contribution in [0.5, 0.6) is 0 Å².